The van der Waals surface area contributed by atoms with E-state index in [-0.39, 0.29) is 11.9 Å². The number of carbonyl (C=O) groups is 1. The fourth-order valence-electron chi connectivity index (χ4n) is 4.98. The van der Waals surface area contributed by atoms with Crippen molar-refractivity contribution in [1.29, 1.82) is 5.26 Å². The quantitative estimate of drug-likeness (QED) is 0.356. The first-order valence-electron chi connectivity index (χ1n) is 12.7. The zero-order valence-corrected chi connectivity index (χ0v) is 20.6. The number of hydrogen-bond donors (Lipinski definition) is 1. The molecule has 5 heteroatoms. The van der Waals surface area contributed by atoms with Crippen molar-refractivity contribution in [2.75, 3.05) is 0 Å². The van der Waals surface area contributed by atoms with Crippen LogP contribution >= 0.6 is 0 Å². The Kier molecular flexibility index (Phi) is 6.95. The number of rotatable bonds is 8. The maximum Gasteiger partial charge on any atom is 0.272 e. The van der Waals surface area contributed by atoms with E-state index in [0.717, 1.165) is 54.5 Å². The highest BCUT2D eigenvalue weighted by molar-refractivity contribution is 5.92. The minimum absolute atomic E-state index is 0.104. The molecule has 0 unspecified atom stereocenters. The van der Waals surface area contributed by atoms with E-state index in [1.54, 1.807) is 0 Å². The summed E-state index contributed by atoms with van der Waals surface area (Å²) >= 11 is 0. The highest BCUT2D eigenvalue weighted by atomic mass is 16.2. The molecule has 0 saturated carbocycles. The molecule has 3 aromatic carbocycles. The van der Waals surface area contributed by atoms with E-state index in [0.29, 0.717) is 17.8 Å². The Hall–Kier alpha value is -4.17. The van der Waals surface area contributed by atoms with Gasteiger partial charge in [-0.15, -0.1) is 0 Å². The molecule has 0 aliphatic heterocycles. The molecular weight excluding hydrogens is 444 g/mol. The van der Waals surface area contributed by atoms with Crippen molar-refractivity contribution >= 4 is 5.91 Å². The molecule has 0 bridgehead atoms. The molecule has 5 rings (SSSR count). The lowest BCUT2D eigenvalue weighted by Gasteiger charge is -2.10. The summed E-state index contributed by atoms with van der Waals surface area (Å²) < 4.78 is 1.96. The Balaban J connectivity index is 1.32. The van der Waals surface area contributed by atoms with Crippen molar-refractivity contribution in [3.63, 3.8) is 0 Å². The number of nitrogens with zero attached hydrogens (tertiary/aromatic N) is 3. The zero-order chi connectivity index (χ0) is 24.9. The maximum absolute atomic E-state index is 13.1. The number of hydrogen-bond acceptors (Lipinski definition) is 3. The first-order chi connectivity index (χ1) is 17.6. The van der Waals surface area contributed by atoms with Crippen LogP contribution in [-0.2, 0) is 25.8 Å². The average Bonchev–Trinajstić information content (AvgIpc) is 3.51. The third-order valence-corrected chi connectivity index (χ3v) is 6.91. The van der Waals surface area contributed by atoms with Crippen molar-refractivity contribution in [1.82, 2.24) is 15.1 Å². The number of carbonyl (C=O) groups excluding carboxylic acids is 1. The summed E-state index contributed by atoms with van der Waals surface area (Å²) in [6, 6.07) is 28.6. The molecule has 0 radical (unpaired) electrons. The van der Waals surface area contributed by atoms with Gasteiger partial charge in [0, 0.05) is 11.7 Å². The van der Waals surface area contributed by atoms with E-state index < -0.39 is 0 Å². The fourth-order valence-corrected chi connectivity index (χ4v) is 4.98. The molecule has 1 aliphatic rings. The van der Waals surface area contributed by atoms with Crippen LogP contribution in [0.15, 0.2) is 78.9 Å². The van der Waals surface area contributed by atoms with E-state index in [2.05, 4.69) is 54.7 Å². The Morgan fingerprint density at radius 3 is 2.42 bits per heavy atom. The Morgan fingerprint density at radius 2 is 1.72 bits per heavy atom. The molecule has 5 nitrogen and oxygen atoms in total. The molecule has 36 heavy (non-hydrogen) atoms. The minimum atomic E-state index is -0.104. The van der Waals surface area contributed by atoms with Crippen LogP contribution in [0.2, 0.25) is 0 Å². The lowest BCUT2D eigenvalue weighted by molar-refractivity contribution is 0.0932. The summed E-state index contributed by atoms with van der Waals surface area (Å²) in [7, 11) is 0. The van der Waals surface area contributed by atoms with Gasteiger partial charge < -0.3 is 5.32 Å². The second-order valence-corrected chi connectivity index (χ2v) is 9.48. The first kappa shape index (κ1) is 23.6. The molecule has 1 heterocycles. The van der Waals surface area contributed by atoms with Crippen LogP contribution in [0.25, 0.3) is 11.1 Å². The molecule has 1 aliphatic carbocycles. The van der Waals surface area contributed by atoms with Crippen molar-refractivity contribution in [2.45, 2.75) is 51.6 Å². The van der Waals surface area contributed by atoms with E-state index >= 15 is 0 Å². The second kappa shape index (κ2) is 10.6. The summed E-state index contributed by atoms with van der Waals surface area (Å²) in [5.74, 6) is -0.104. The van der Waals surface area contributed by atoms with Crippen LogP contribution in [0.4, 0.5) is 0 Å². The monoisotopic (exact) mass is 474 g/mol. The van der Waals surface area contributed by atoms with E-state index in [9.17, 15) is 10.1 Å². The van der Waals surface area contributed by atoms with Gasteiger partial charge in [0.15, 0.2) is 0 Å². The lowest BCUT2D eigenvalue weighted by Crippen LogP contribution is -2.35. The third kappa shape index (κ3) is 5.08. The van der Waals surface area contributed by atoms with Gasteiger partial charge in [-0.1, -0.05) is 80.1 Å². The summed E-state index contributed by atoms with van der Waals surface area (Å²) in [6.45, 7) is 2.77. The van der Waals surface area contributed by atoms with E-state index in [1.807, 2.05) is 47.1 Å². The lowest BCUT2D eigenvalue weighted by atomic mass is 9.99. The SMILES string of the molecule is CCCCc1cc(C(=O)NC2Cc3ccccc3C2)nn1Cc1ccc(-c2ccccc2C#N)cc1. The summed E-state index contributed by atoms with van der Waals surface area (Å²) in [4.78, 5) is 13.1. The second-order valence-electron chi connectivity index (χ2n) is 9.48. The molecule has 1 amide bonds. The Labute approximate surface area is 212 Å². The van der Waals surface area contributed by atoms with Crippen LogP contribution in [0, 0.1) is 11.3 Å². The predicted octanol–water partition coefficient (Wildman–Crippen LogP) is 5.71. The highest BCUT2D eigenvalue weighted by Gasteiger charge is 2.24. The number of aromatic nitrogens is 2. The number of nitriles is 1. The van der Waals surface area contributed by atoms with E-state index in [1.165, 1.54) is 11.1 Å². The van der Waals surface area contributed by atoms with Gasteiger partial charge >= 0.3 is 0 Å². The third-order valence-electron chi connectivity index (χ3n) is 6.91. The van der Waals surface area contributed by atoms with Crippen LogP contribution in [0.3, 0.4) is 0 Å². The van der Waals surface area contributed by atoms with Gasteiger partial charge in [0.25, 0.3) is 5.91 Å². The number of unbranched alkanes of at least 4 members (excludes halogenated alkanes) is 1. The number of aryl methyl sites for hydroxylation is 1. The largest absolute Gasteiger partial charge is 0.347 e. The molecule has 4 aromatic rings. The van der Waals surface area contributed by atoms with Gasteiger partial charge in [-0.3, -0.25) is 9.48 Å². The summed E-state index contributed by atoms with van der Waals surface area (Å²) in [5, 5.41) is 17.3. The molecular formula is C31H30N4O. The normalized spacial score (nSPS) is 12.8. The highest BCUT2D eigenvalue weighted by Crippen LogP contribution is 2.24. The van der Waals surface area contributed by atoms with Gasteiger partial charge in [-0.25, -0.2) is 0 Å². The molecule has 0 saturated heterocycles. The Morgan fingerprint density at radius 1 is 1.03 bits per heavy atom. The van der Waals surface area contributed by atoms with Gasteiger partial charge in [-0.2, -0.15) is 10.4 Å². The molecule has 1 aromatic heterocycles. The van der Waals surface area contributed by atoms with E-state index in [4.69, 9.17) is 5.10 Å². The van der Waals surface area contributed by atoms with Gasteiger partial charge in [0.2, 0.25) is 0 Å². The van der Waals surface area contributed by atoms with Crippen molar-refractivity contribution in [3.8, 4) is 17.2 Å². The van der Waals surface area contributed by atoms with Gasteiger partial charge in [0.1, 0.15) is 5.69 Å². The van der Waals surface area contributed by atoms with Crippen LogP contribution < -0.4 is 5.32 Å². The number of nitrogens with one attached hydrogen (secondary N) is 1. The molecule has 0 atom stereocenters. The summed E-state index contributed by atoms with van der Waals surface area (Å²) in [6.07, 6.45) is 4.76. The summed E-state index contributed by atoms with van der Waals surface area (Å²) in [5.41, 5.74) is 7.91. The van der Waals surface area contributed by atoms with Crippen molar-refractivity contribution < 1.29 is 4.79 Å². The smallest absolute Gasteiger partial charge is 0.272 e. The van der Waals surface area contributed by atoms with Crippen LogP contribution in [0.5, 0.6) is 0 Å². The predicted molar refractivity (Wildman–Crippen MR) is 142 cm³/mol. The number of amides is 1. The zero-order valence-electron chi connectivity index (χ0n) is 20.6. The van der Waals surface area contributed by atoms with Crippen molar-refractivity contribution in [3.05, 3.63) is 113 Å². The van der Waals surface area contributed by atoms with Crippen LogP contribution in [-0.4, -0.2) is 21.7 Å². The molecule has 0 spiro atoms. The standard InChI is InChI=1S/C31H30N4O/c1-2-3-11-28-19-30(31(36)33-27-17-24-8-4-5-9-25(24)18-27)34-35(28)21-22-13-15-23(16-14-22)29-12-7-6-10-26(29)20-32/h4-10,12-16,19,27H,2-3,11,17-18,21H2,1H3,(H,33,36). The molecule has 1 N–H and O–H groups in total. The fraction of sp³-hybridized carbons (Fsp3) is 0.258. The average molecular weight is 475 g/mol. The number of benzene rings is 3. The van der Waals surface area contributed by atoms with Crippen molar-refractivity contribution in [2.24, 2.45) is 0 Å². The Bertz CT molecular complexity index is 1390. The maximum atomic E-state index is 13.1. The topological polar surface area (TPSA) is 70.7 Å². The number of fused-ring (bicyclic) bond motifs is 1. The minimum Gasteiger partial charge on any atom is -0.347 e. The molecule has 180 valence electrons. The van der Waals surface area contributed by atoms with Gasteiger partial charge in [0.05, 0.1) is 18.2 Å². The van der Waals surface area contributed by atoms with Crippen LogP contribution in [0.1, 0.15) is 58.2 Å². The van der Waals surface area contributed by atoms with Gasteiger partial charge in [-0.05, 0) is 65.6 Å². The molecule has 0 fully saturated rings. The first-order valence-corrected chi connectivity index (χ1v) is 12.7.